The van der Waals surface area contributed by atoms with Gasteiger partial charge in [-0.05, 0) is 50.7 Å². The second-order valence-corrected chi connectivity index (χ2v) is 7.15. The number of halogens is 1. The Balaban J connectivity index is 2.21. The summed E-state index contributed by atoms with van der Waals surface area (Å²) >= 11 is 13.2. The third kappa shape index (κ3) is 2.20. The van der Waals surface area contributed by atoms with Crippen LogP contribution in [0.4, 0.5) is 0 Å². The van der Waals surface area contributed by atoms with E-state index in [0.717, 1.165) is 11.2 Å². The van der Waals surface area contributed by atoms with Crippen LogP contribution in [-0.4, -0.2) is 14.5 Å². The number of pyridine rings is 1. The van der Waals surface area contributed by atoms with Gasteiger partial charge in [0.05, 0.1) is 16.6 Å². The van der Waals surface area contributed by atoms with Crippen molar-refractivity contribution >= 4 is 46.3 Å². The molecular weight excluding hydrogens is 310 g/mol. The molecule has 0 saturated carbocycles. The number of fused-ring (bicyclic) bond motifs is 1. The van der Waals surface area contributed by atoms with Crippen molar-refractivity contribution in [2.24, 2.45) is 0 Å². The highest BCUT2D eigenvalue weighted by atomic mass is 35.5. The SMILES string of the molecule is Cc1cc(C(C)n2c(=S)[nH]c3cc(Cl)cnc32)c(C)s1. The molecule has 20 heavy (non-hydrogen) atoms. The molecule has 0 saturated heterocycles. The van der Waals surface area contributed by atoms with Crippen molar-refractivity contribution in [2.75, 3.05) is 0 Å². The molecule has 0 aromatic carbocycles. The summed E-state index contributed by atoms with van der Waals surface area (Å²) in [5.74, 6) is 0. The van der Waals surface area contributed by atoms with Crippen molar-refractivity contribution in [1.82, 2.24) is 14.5 Å². The van der Waals surface area contributed by atoms with Gasteiger partial charge in [0, 0.05) is 16.0 Å². The van der Waals surface area contributed by atoms with Gasteiger partial charge in [-0.15, -0.1) is 11.3 Å². The number of aromatic nitrogens is 3. The van der Waals surface area contributed by atoms with Gasteiger partial charge in [0.2, 0.25) is 0 Å². The number of aryl methyl sites for hydroxylation is 2. The lowest BCUT2D eigenvalue weighted by atomic mass is 10.1. The maximum Gasteiger partial charge on any atom is 0.179 e. The first-order valence-corrected chi connectivity index (χ1v) is 7.90. The standard InChI is InChI=1S/C14H14ClN3S2/c1-7-4-11(9(3)20-7)8(2)18-13-12(17-14(18)19)5-10(15)6-16-13/h4-6,8H,1-3H3,(H,17,19). The van der Waals surface area contributed by atoms with E-state index in [2.05, 4.69) is 41.4 Å². The average Bonchev–Trinajstić information content (AvgIpc) is 2.87. The smallest absolute Gasteiger partial charge is 0.179 e. The molecule has 0 amide bonds. The molecule has 1 atom stereocenters. The van der Waals surface area contributed by atoms with Crippen molar-refractivity contribution in [2.45, 2.75) is 26.8 Å². The molecule has 3 aromatic rings. The lowest BCUT2D eigenvalue weighted by Crippen LogP contribution is -2.07. The molecule has 3 nitrogen and oxygen atoms in total. The van der Waals surface area contributed by atoms with E-state index in [0.29, 0.717) is 9.79 Å². The third-order valence-corrected chi connectivity index (χ3v) is 4.93. The number of hydrogen-bond donors (Lipinski definition) is 1. The summed E-state index contributed by atoms with van der Waals surface area (Å²) < 4.78 is 2.72. The van der Waals surface area contributed by atoms with Crippen molar-refractivity contribution in [1.29, 1.82) is 0 Å². The van der Waals surface area contributed by atoms with Crippen LogP contribution in [0, 0.1) is 18.6 Å². The predicted molar refractivity (Wildman–Crippen MR) is 87.5 cm³/mol. The molecule has 0 bridgehead atoms. The van der Waals surface area contributed by atoms with Gasteiger partial charge in [-0.3, -0.25) is 4.57 Å². The van der Waals surface area contributed by atoms with E-state index in [1.807, 2.05) is 17.4 Å². The zero-order valence-electron chi connectivity index (χ0n) is 11.4. The van der Waals surface area contributed by atoms with E-state index in [4.69, 9.17) is 23.8 Å². The summed E-state index contributed by atoms with van der Waals surface area (Å²) in [6.45, 7) is 6.42. The summed E-state index contributed by atoms with van der Waals surface area (Å²) in [6.07, 6.45) is 1.65. The molecule has 0 aliphatic heterocycles. The molecule has 0 fully saturated rings. The fourth-order valence-corrected chi connectivity index (χ4v) is 4.08. The highest BCUT2D eigenvalue weighted by Gasteiger charge is 2.17. The maximum atomic E-state index is 5.98. The van der Waals surface area contributed by atoms with Crippen LogP contribution in [0.1, 0.15) is 28.3 Å². The minimum Gasteiger partial charge on any atom is -0.329 e. The summed E-state index contributed by atoms with van der Waals surface area (Å²) in [5, 5.41) is 0.608. The zero-order chi connectivity index (χ0) is 14.4. The van der Waals surface area contributed by atoms with Gasteiger partial charge in [-0.2, -0.15) is 0 Å². The number of nitrogens with one attached hydrogen (secondary N) is 1. The molecule has 1 unspecified atom stereocenters. The lowest BCUT2D eigenvalue weighted by Gasteiger charge is -2.14. The molecule has 3 heterocycles. The van der Waals surface area contributed by atoms with E-state index in [1.54, 1.807) is 6.20 Å². The number of rotatable bonds is 2. The molecular formula is C14H14ClN3S2. The molecule has 3 aromatic heterocycles. The van der Waals surface area contributed by atoms with E-state index in [9.17, 15) is 0 Å². The first kappa shape index (κ1) is 13.8. The van der Waals surface area contributed by atoms with Gasteiger partial charge in [-0.25, -0.2) is 4.98 Å². The van der Waals surface area contributed by atoms with Crippen LogP contribution < -0.4 is 0 Å². The molecule has 1 N–H and O–H groups in total. The number of thiophene rings is 1. The minimum absolute atomic E-state index is 0.148. The fraction of sp³-hybridized carbons (Fsp3) is 0.286. The van der Waals surface area contributed by atoms with Crippen LogP contribution in [0.2, 0.25) is 5.02 Å². The lowest BCUT2D eigenvalue weighted by molar-refractivity contribution is 0.643. The van der Waals surface area contributed by atoms with E-state index in [-0.39, 0.29) is 6.04 Å². The topological polar surface area (TPSA) is 33.6 Å². The zero-order valence-corrected chi connectivity index (χ0v) is 13.8. The van der Waals surface area contributed by atoms with E-state index < -0.39 is 0 Å². The van der Waals surface area contributed by atoms with Crippen molar-refractivity contribution in [3.63, 3.8) is 0 Å². The Kier molecular flexibility index (Phi) is 3.44. The van der Waals surface area contributed by atoms with Crippen molar-refractivity contribution in [3.05, 3.63) is 43.4 Å². The number of imidazole rings is 1. The van der Waals surface area contributed by atoms with Gasteiger partial charge >= 0.3 is 0 Å². The van der Waals surface area contributed by atoms with Crippen LogP contribution in [0.5, 0.6) is 0 Å². The molecule has 0 aliphatic carbocycles. The Labute approximate surface area is 131 Å². The summed E-state index contributed by atoms with van der Waals surface area (Å²) in [7, 11) is 0. The molecule has 3 rings (SSSR count). The van der Waals surface area contributed by atoms with Crippen LogP contribution in [0.25, 0.3) is 11.2 Å². The first-order chi connectivity index (χ1) is 9.47. The van der Waals surface area contributed by atoms with Crippen LogP contribution >= 0.6 is 35.2 Å². The van der Waals surface area contributed by atoms with Gasteiger partial charge in [0.1, 0.15) is 0 Å². The van der Waals surface area contributed by atoms with Crippen LogP contribution in [0.3, 0.4) is 0 Å². The molecule has 104 valence electrons. The first-order valence-electron chi connectivity index (χ1n) is 6.30. The Hall–Kier alpha value is -1.17. The predicted octanol–water partition coefficient (Wildman–Crippen LogP) is 5.03. The monoisotopic (exact) mass is 323 g/mol. The highest BCUT2D eigenvalue weighted by molar-refractivity contribution is 7.71. The average molecular weight is 324 g/mol. The van der Waals surface area contributed by atoms with Crippen molar-refractivity contribution in [3.8, 4) is 0 Å². The summed E-state index contributed by atoms with van der Waals surface area (Å²) in [4.78, 5) is 10.2. The second kappa shape index (κ2) is 4.98. The summed E-state index contributed by atoms with van der Waals surface area (Å²) in [6, 6.07) is 4.23. The Bertz CT molecular complexity index is 844. The molecule has 0 aliphatic rings. The van der Waals surface area contributed by atoms with Gasteiger partial charge in [0.15, 0.2) is 10.4 Å². The van der Waals surface area contributed by atoms with Gasteiger partial charge in [-0.1, -0.05) is 11.6 Å². The Morgan fingerprint density at radius 2 is 2.15 bits per heavy atom. The molecule has 0 spiro atoms. The number of H-pyrrole nitrogens is 1. The second-order valence-electron chi connectivity index (χ2n) is 4.87. The van der Waals surface area contributed by atoms with E-state index in [1.165, 1.54) is 15.3 Å². The largest absolute Gasteiger partial charge is 0.329 e. The fourth-order valence-electron chi connectivity index (χ4n) is 2.55. The third-order valence-electron chi connectivity index (χ3n) is 3.44. The number of hydrogen-bond acceptors (Lipinski definition) is 3. The molecule has 6 heteroatoms. The number of nitrogens with zero attached hydrogens (tertiary/aromatic N) is 2. The number of aromatic amines is 1. The quantitative estimate of drug-likeness (QED) is 0.671. The Morgan fingerprint density at radius 1 is 1.40 bits per heavy atom. The minimum atomic E-state index is 0.148. The van der Waals surface area contributed by atoms with Crippen LogP contribution in [0.15, 0.2) is 18.3 Å². The summed E-state index contributed by atoms with van der Waals surface area (Å²) in [5.41, 5.74) is 3.01. The van der Waals surface area contributed by atoms with Gasteiger partial charge < -0.3 is 4.98 Å². The highest BCUT2D eigenvalue weighted by Crippen LogP contribution is 2.31. The van der Waals surface area contributed by atoms with Crippen LogP contribution in [-0.2, 0) is 0 Å². The molecule has 0 radical (unpaired) electrons. The van der Waals surface area contributed by atoms with Gasteiger partial charge in [0.25, 0.3) is 0 Å². The van der Waals surface area contributed by atoms with Crippen molar-refractivity contribution < 1.29 is 0 Å². The Morgan fingerprint density at radius 3 is 2.80 bits per heavy atom. The maximum absolute atomic E-state index is 5.98. The normalized spacial score (nSPS) is 13.0. The van der Waals surface area contributed by atoms with E-state index >= 15 is 0 Å².